The van der Waals surface area contributed by atoms with Crippen molar-refractivity contribution in [2.75, 3.05) is 23.8 Å². The molecule has 0 bridgehead atoms. The van der Waals surface area contributed by atoms with Gasteiger partial charge in [-0.15, -0.1) is 0 Å². The van der Waals surface area contributed by atoms with E-state index in [0.29, 0.717) is 17.1 Å². The highest BCUT2D eigenvalue weighted by atomic mass is 79.9. The topological polar surface area (TPSA) is 108 Å². The number of nitrogens with one attached hydrogen (secondary N) is 2. The maximum absolute atomic E-state index is 14.2. The molecule has 0 aromatic heterocycles. The molecule has 1 fully saturated rings. The standard InChI is InChI=1S/C28H27BrFN3O5/c1-17-12-18(6-11-24(17)31-28(37)32-25-5-3-2-4-23(25)29)13-26(34)33-15-20(30)14-21(33)16-38-22-9-7-19(8-10-22)27(35)36/h2-12,20-21H,13-16H2,1H3,(H,35,36)(H2,31,32,37)/t20-,21-/m0/s1. The van der Waals surface area contributed by atoms with Crippen molar-refractivity contribution in [1.82, 2.24) is 4.90 Å². The maximum atomic E-state index is 14.2. The molecule has 0 spiro atoms. The van der Waals surface area contributed by atoms with Gasteiger partial charge in [-0.25, -0.2) is 14.0 Å². The molecule has 3 amide bonds. The monoisotopic (exact) mass is 583 g/mol. The number of benzene rings is 3. The predicted molar refractivity (Wildman–Crippen MR) is 146 cm³/mol. The highest BCUT2D eigenvalue weighted by Gasteiger charge is 2.35. The molecule has 0 aliphatic carbocycles. The second-order valence-corrected chi connectivity index (χ2v) is 9.91. The number of hydrogen-bond donors (Lipinski definition) is 3. The molecule has 4 rings (SSSR count). The fourth-order valence-corrected chi connectivity index (χ4v) is 4.68. The van der Waals surface area contributed by atoms with Gasteiger partial charge >= 0.3 is 12.0 Å². The van der Waals surface area contributed by atoms with Crippen LogP contribution in [-0.4, -0.2) is 53.3 Å². The van der Waals surface area contributed by atoms with Gasteiger partial charge in [-0.1, -0.05) is 24.3 Å². The second-order valence-electron chi connectivity index (χ2n) is 9.06. The van der Waals surface area contributed by atoms with Crippen LogP contribution in [0, 0.1) is 6.92 Å². The first-order chi connectivity index (χ1) is 18.2. The number of ether oxygens (including phenoxy) is 1. The van der Waals surface area contributed by atoms with Gasteiger partial charge < -0.3 is 25.4 Å². The number of urea groups is 1. The van der Waals surface area contributed by atoms with Crippen LogP contribution in [0.2, 0.25) is 0 Å². The number of anilines is 2. The number of para-hydroxylation sites is 1. The van der Waals surface area contributed by atoms with E-state index >= 15 is 0 Å². The molecule has 2 atom stereocenters. The maximum Gasteiger partial charge on any atom is 0.335 e. The van der Waals surface area contributed by atoms with Gasteiger partial charge in [0, 0.05) is 16.6 Å². The number of hydrogen-bond acceptors (Lipinski definition) is 4. The summed E-state index contributed by atoms with van der Waals surface area (Å²) in [7, 11) is 0. The Morgan fingerprint density at radius 3 is 2.45 bits per heavy atom. The lowest BCUT2D eigenvalue weighted by Gasteiger charge is -2.24. The van der Waals surface area contributed by atoms with Gasteiger partial charge in [-0.05, 0) is 76.4 Å². The average molecular weight is 584 g/mol. The summed E-state index contributed by atoms with van der Waals surface area (Å²) in [5, 5.41) is 14.6. The van der Waals surface area contributed by atoms with Gasteiger partial charge in [-0.2, -0.15) is 0 Å². The zero-order valence-electron chi connectivity index (χ0n) is 20.6. The molecule has 3 N–H and O–H groups in total. The number of carboxylic acids is 1. The number of aromatic carboxylic acids is 1. The van der Waals surface area contributed by atoms with E-state index in [9.17, 15) is 18.8 Å². The molecule has 1 heterocycles. The van der Waals surface area contributed by atoms with Gasteiger partial charge in [0.15, 0.2) is 0 Å². The van der Waals surface area contributed by atoms with E-state index in [1.807, 2.05) is 31.2 Å². The number of amides is 3. The highest BCUT2D eigenvalue weighted by Crippen LogP contribution is 2.25. The first-order valence-corrected chi connectivity index (χ1v) is 12.8. The van der Waals surface area contributed by atoms with Crippen LogP contribution in [0.15, 0.2) is 71.2 Å². The Hall–Kier alpha value is -3.92. The van der Waals surface area contributed by atoms with Gasteiger partial charge in [0.2, 0.25) is 5.91 Å². The van der Waals surface area contributed by atoms with E-state index in [1.54, 1.807) is 18.2 Å². The molecule has 3 aromatic carbocycles. The number of carbonyl (C=O) groups excluding carboxylic acids is 2. The minimum Gasteiger partial charge on any atom is -0.491 e. The Bertz CT molecular complexity index is 1330. The first-order valence-electron chi connectivity index (χ1n) is 12.0. The third kappa shape index (κ3) is 6.89. The summed E-state index contributed by atoms with van der Waals surface area (Å²) in [4.78, 5) is 38.0. The summed E-state index contributed by atoms with van der Waals surface area (Å²) in [6.07, 6.45) is -0.882. The molecule has 1 aliphatic heterocycles. The van der Waals surface area contributed by atoms with Crippen molar-refractivity contribution in [1.29, 1.82) is 0 Å². The van der Waals surface area contributed by atoms with Gasteiger partial charge in [-0.3, -0.25) is 4.79 Å². The predicted octanol–water partition coefficient (Wildman–Crippen LogP) is 5.66. The van der Waals surface area contributed by atoms with E-state index in [-0.39, 0.29) is 37.5 Å². The van der Waals surface area contributed by atoms with Crippen LogP contribution in [0.4, 0.5) is 20.6 Å². The van der Waals surface area contributed by atoms with E-state index < -0.39 is 24.2 Å². The van der Waals surface area contributed by atoms with Crippen molar-refractivity contribution in [2.45, 2.75) is 32.0 Å². The quantitative estimate of drug-likeness (QED) is 0.317. The zero-order valence-corrected chi connectivity index (χ0v) is 22.2. The highest BCUT2D eigenvalue weighted by molar-refractivity contribution is 9.10. The Labute approximate surface area is 227 Å². The summed E-state index contributed by atoms with van der Waals surface area (Å²) in [6.45, 7) is 1.94. The summed E-state index contributed by atoms with van der Waals surface area (Å²) < 4.78 is 20.7. The van der Waals surface area contributed by atoms with Crippen LogP contribution < -0.4 is 15.4 Å². The summed E-state index contributed by atoms with van der Waals surface area (Å²) in [6, 6.07) is 17.7. The largest absolute Gasteiger partial charge is 0.491 e. The number of carboxylic acid groups (broad SMARTS) is 1. The van der Waals surface area contributed by atoms with Gasteiger partial charge in [0.1, 0.15) is 18.5 Å². The molecule has 198 valence electrons. The van der Waals surface area contributed by atoms with Crippen LogP contribution in [0.5, 0.6) is 5.75 Å². The molecule has 1 saturated heterocycles. The lowest BCUT2D eigenvalue weighted by atomic mass is 10.1. The minimum absolute atomic E-state index is 0.00134. The first kappa shape index (κ1) is 27.1. The molecule has 0 saturated carbocycles. The SMILES string of the molecule is Cc1cc(CC(=O)N2C[C@@H](F)C[C@H]2COc2ccc(C(=O)O)cc2)ccc1NC(=O)Nc1ccccc1Br. The Morgan fingerprint density at radius 2 is 1.76 bits per heavy atom. The lowest BCUT2D eigenvalue weighted by molar-refractivity contribution is -0.132. The zero-order chi connectivity index (χ0) is 27.2. The van der Waals surface area contributed by atoms with Crippen molar-refractivity contribution >= 4 is 45.2 Å². The second kappa shape index (κ2) is 12.1. The van der Waals surface area contributed by atoms with Crippen molar-refractivity contribution in [2.24, 2.45) is 0 Å². The minimum atomic E-state index is -1.14. The number of carbonyl (C=O) groups is 3. The number of aryl methyl sites for hydroxylation is 1. The number of halogens is 2. The molecular weight excluding hydrogens is 557 g/mol. The summed E-state index contributed by atoms with van der Waals surface area (Å²) >= 11 is 3.39. The van der Waals surface area contributed by atoms with Crippen molar-refractivity contribution in [3.63, 3.8) is 0 Å². The molecule has 10 heteroatoms. The lowest BCUT2D eigenvalue weighted by Crippen LogP contribution is -2.40. The number of alkyl halides is 1. The van der Waals surface area contributed by atoms with Crippen LogP contribution in [0.1, 0.15) is 27.9 Å². The summed E-state index contributed by atoms with van der Waals surface area (Å²) in [5.74, 6) is -0.800. The molecule has 1 aliphatic rings. The summed E-state index contributed by atoms with van der Waals surface area (Å²) in [5.41, 5.74) is 2.91. The van der Waals surface area contributed by atoms with Crippen molar-refractivity contribution < 1.29 is 28.6 Å². The van der Waals surface area contributed by atoms with Crippen LogP contribution in [0.25, 0.3) is 0 Å². The third-order valence-electron chi connectivity index (χ3n) is 6.24. The van der Waals surface area contributed by atoms with Crippen LogP contribution in [-0.2, 0) is 11.2 Å². The molecular formula is C28H27BrFN3O5. The van der Waals surface area contributed by atoms with E-state index in [2.05, 4.69) is 26.6 Å². The Morgan fingerprint density at radius 1 is 1.05 bits per heavy atom. The van der Waals surface area contributed by atoms with Gasteiger partial charge in [0.05, 0.1) is 30.3 Å². The van der Waals surface area contributed by atoms with E-state index in [1.165, 1.54) is 29.2 Å². The van der Waals surface area contributed by atoms with Crippen LogP contribution >= 0.6 is 15.9 Å². The van der Waals surface area contributed by atoms with Gasteiger partial charge in [0.25, 0.3) is 0 Å². The molecule has 0 radical (unpaired) electrons. The van der Waals surface area contributed by atoms with Crippen molar-refractivity contribution in [3.8, 4) is 5.75 Å². The molecule has 38 heavy (non-hydrogen) atoms. The number of nitrogens with zero attached hydrogens (tertiary/aromatic N) is 1. The fourth-order valence-electron chi connectivity index (χ4n) is 4.30. The molecule has 3 aromatic rings. The smallest absolute Gasteiger partial charge is 0.335 e. The number of likely N-dealkylation sites (tertiary alicyclic amines) is 1. The van der Waals surface area contributed by atoms with E-state index in [0.717, 1.165) is 15.6 Å². The normalized spacial score (nSPS) is 16.7. The number of rotatable bonds is 8. The van der Waals surface area contributed by atoms with Crippen LogP contribution in [0.3, 0.4) is 0 Å². The Kier molecular flexibility index (Phi) is 8.62. The van der Waals surface area contributed by atoms with Crippen molar-refractivity contribution in [3.05, 3.63) is 87.9 Å². The fraction of sp³-hybridized carbons (Fsp3) is 0.250. The van der Waals surface area contributed by atoms with E-state index in [4.69, 9.17) is 9.84 Å². The molecule has 8 nitrogen and oxygen atoms in total. The average Bonchev–Trinajstić information content (AvgIpc) is 3.26. The Balaban J connectivity index is 1.34. The third-order valence-corrected chi connectivity index (χ3v) is 6.94. The molecule has 0 unspecified atom stereocenters.